The SMILES string of the molecule is Fc1ccc(Cn2cc([C@@H]3OCCN3c3ccccc3)nn2)cc1. The third-order valence-electron chi connectivity index (χ3n) is 4.05. The highest BCUT2D eigenvalue weighted by Crippen LogP contribution is 2.30. The van der Waals surface area contributed by atoms with Crippen molar-refractivity contribution in [2.75, 3.05) is 18.1 Å². The number of para-hydroxylation sites is 1. The number of ether oxygens (including phenoxy) is 1. The second kappa shape index (κ2) is 6.41. The molecule has 1 aromatic heterocycles. The Morgan fingerprint density at radius 1 is 1.08 bits per heavy atom. The van der Waals surface area contributed by atoms with Crippen molar-refractivity contribution in [3.8, 4) is 0 Å². The largest absolute Gasteiger partial charge is 0.350 e. The van der Waals surface area contributed by atoms with E-state index in [-0.39, 0.29) is 12.0 Å². The zero-order chi connectivity index (χ0) is 16.4. The first-order valence-corrected chi connectivity index (χ1v) is 7.87. The highest BCUT2D eigenvalue weighted by Gasteiger charge is 2.29. The van der Waals surface area contributed by atoms with Crippen molar-refractivity contribution in [1.82, 2.24) is 15.0 Å². The maximum absolute atomic E-state index is 13.0. The molecule has 1 aliphatic rings. The van der Waals surface area contributed by atoms with Crippen molar-refractivity contribution in [2.45, 2.75) is 12.8 Å². The van der Waals surface area contributed by atoms with Gasteiger partial charge in [-0.15, -0.1) is 5.10 Å². The van der Waals surface area contributed by atoms with E-state index in [2.05, 4.69) is 27.3 Å². The molecule has 1 aliphatic heterocycles. The summed E-state index contributed by atoms with van der Waals surface area (Å²) in [6, 6.07) is 16.5. The topological polar surface area (TPSA) is 43.2 Å². The monoisotopic (exact) mass is 324 g/mol. The minimum absolute atomic E-state index is 0.227. The minimum Gasteiger partial charge on any atom is -0.350 e. The van der Waals surface area contributed by atoms with Gasteiger partial charge in [-0.3, -0.25) is 0 Å². The molecular formula is C18H17FN4O. The average Bonchev–Trinajstić information content (AvgIpc) is 3.27. The fourth-order valence-electron chi connectivity index (χ4n) is 2.88. The minimum atomic E-state index is -0.240. The predicted molar refractivity (Wildman–Crippen MR) is 88.0 cm³/mol. The van der Waals surface area contributed by atoms with Gasteiger partial charge in [0, 0.05) is 12.2 Å². The summed E-state index contributed by atoms with van der Waals surface area (Å²) in [6.45, 7) is 2.02. The molecule has 0 unspecified atom stereocenters. The average molecular weight is 324 g/mol. The first-order chi connectivity index (χ1) is 11.8. The van der Waals surface area contributed by atoms with Gasteiger partial charge in [0.25, 0.3) is 0 Å². The van der Waals surface area contributed by atoms with Crippen LogP contribution in [0.5, 0.6) is 0 Å². The van der Waals surface area contributed by atoms with Crippen molar-refractivity contribution in [2.24, 2.45) is 0 Å². The molecule has 0 bridgehead atoms. The summed E-state index contributed by atoms with van der Waals surface area (Å²) in [5, 5.41) is 8.43. The van der Waals surface area contributed by atoms with E-state index in [0.717, 1.165) is 23.5 Å². The smallest absolute Gasteiger partial charge is 0.177 e. The predicted octanol–water partition coefficient (Wildman–Crippen LogP) is 3.00. The molecule has 2 heterocycles. The van der Waals surface area contributed by atoms with Crippen LogP contribution in [0.4, 0.5) is 10.1 Å². The van der Waals surface area contributed by atoms with Crippen LogP contribution in [0.15, 0.2) is 60.8 Å². The van der Waals surface area contributed by atoms with Gasteiger partial charge in [0.05, 0.1) is 19.3 Å². The Morgan fingerprint density at radius 2 is 1.88 bits per heavy atom. The lowest BCUT2D eigenvalue weighted by atomic mass is 10.2. The van der Waals surface area contributed by atoms with E-state index in [1.165, 1.54) is 12.1 Å². The molecule has 5 nitrogen and oxygen atoms in total. The molecule has 0 aliphatic carbocycles. The molecular weight excluding hydrogens is 307 g/mol. The zero-order valence-corrected chi connectivity index (χ0v) is 13.0. The lowest BCUT2D eigenvalue weighted by molar-refractivity contribution is 0.110. The molecule has 0 radical (unpaired) electrons. The number of hydrogen-bond acceptors (Lipinski definition) is 4. The normalized spacial score (nSPS) is 17.4. The van der Waals surface area contributed by atoms with Gasteiger partial charge in [0.2, 0.25) is 0 Å². The van der Waals surface area contributed by atoms with Crippen LogP contribution in [0.1, 0.15) is 17.5 Å². The second-order valence-electron chi connectivity index (χ2n) is 5.72. The van der Waals surface area contributed by atoms with Gasteiger partial charge < -0.3 is 9.64 Å². The Balaban J connectivity index is 1.52. The fourth-order valence-corrected chi connectivity index (χ4v) is 2.88. The Morgan fingerprint density at radius 3 is 2.67 bits per heavy atom. The molecule has 1 atom stereocenters. The first kappa shape index (κ1) is 14.8. The number of anilines is 1. The maximum atomic E-state index is 13.0. The molecule has 2 aromatic carbocycles. The highest BCUT2D eigenvalue weighted by molar-refractivity contribution is 5.48. The fraction of sp³-hybridized carbons (Fsp3) is 0.222. The molecule has 0 N–H and O–H groups in total. The molecule has 1 saturated heterocycles. The van der Waals surface area contributed by atoms with Gasteiger partial charge in [-0.05, 0) is 29.8 Å². The Labute approximate surface area is 139 Å². The molecule has 0 amide bonds. The molecule has 4 rings (SSSR count). The summed E-state index contributed by atoms with van der Waals surface area (Å²) < 4.78 is 20.6. The third-order valence-corrected chi connectivity index (χ3v) is 4.05. The van der Waals surface area contributed by atoms with Crippen LogP contribution in [0.2, 0.25) is 0 Å². The van der Waals surface area contributed by atoms with Gasteiger partial charge in [0.1, 0.15) is 11.5 Å². The van der Waals surface area contributed by atoms with Gasteiger partial charge in [-0.25, -0.2) is 9.07 Å². The molecule has 0 saturated carbocycles. The number of benzene rings is 2. The van der Waals surface area contributed by atoms with E-state index in [1.54, 1.807) is 16.8 Å². The van der Waals surface area contributed by atoms with E-state index in [4.69, 9.17) is 4.74 Å². The summed E-state index contributed by atoms with van der Waals surface area (Å²) in [5.74, 6) is -0.240. The number of hydrogen-bond donors (Lipinski definition) is 0. The Hall–Kier alpha value is -2.73. The summed E-state index contributed by atoms with van der Waals surface area (Å²) in [4.78, 5) is 2.17. The standard InChI is InChI=1S/C18H17FN4O/c19-15-8-6-14(7-9-15)12-22-13-17(20-21-22)18-23(10-11-24-18)16-4-2-1-3-5-16/h1-9,13,18H,10-12H2/t18-/m0/s1. The lowest BCUT2D eigenvalue weighted by Crippen LogP contribution is -2.23. The van der Waals surface area contributed by atoms with Crippen molar-refractivity contribution >= 4 is 5.69 Å². The van der Waals surface area contributed by atoms with Crippen LogP contribution in [-0.2, 0) is 11.3 Å². The van der Waals surface area contributed by atoms with Gasteiger partial charge in [-0.1, -0.05) is 35.5 Å². The molecule has 0 spiro atoms. The molecule has 122 valence electrons. The quantitative estimate of drug-likeness (QED) is 0.740. The molecule has 6 heteroatoms. The van der Waals surface area contributed by atoms with Crippen LogP contribution in [0.3, 0.4) is 0 Å². The summed E-state index contributed by atoms with van der Waals surface area (Å²) in [6.07, 6.45) is 1.66. The van der Waals surface area contributed by atoms with Crippen molar-refractivity contribution in [3.05, 3.63) is 77.9 Å². The first-order valence-electron chi connectivity index (χ1n) is 7.87. The van der Waals surface area contributed by atoms with Gasteiger partial charge >= 0.3 is 0 Å². The van der Waals surface area contributed by atoms with Gasteiger partial charge in [0.15, 0.2) is 6.23 Å². The van der Waals surface area contributed by atoms with E-state index in [0.29, 0.717) is 13.2 Å². The van der Waals surface area contributed by atoms with E-state index >= 15 is 0 Å². The van der Waals surface area contributed by atoms with Crippen LogP contribution in [0, 0.1) is 5.82 Å². The second-order valence-corrected chi connectivity index (χ2v) is 5.72. The summed E-state index contributed by atoms with van der Waals surface area (Å²) >= 11 is 0. The molecule has 3 aromatic rings. The molecule has 1 fully saturated rings. The maximum Gasteiger partial charge on any atom is 0.177 e. The third kappa shape index (κ3) is 3.00. The highest BCUT2D eigenvalue weighted by atomic mass is 19.1. The van der Waals surface area contributed by atoms with E-state index in [1.807, 2.05) is 24.4 Å². The number of rotatable bonds is 4. The van der Waals surface area contributed by atoms with Crippen molar-refractivity contribution in [3.63, 3.8) is 0 Å². The van der Waals surface area contributed by atoms with E-state index < -0.39 is 0 Å². The van der Waals surface area contributed by atoms with Crippen LogP contribution in [0.25, 0.3) is 0 Å². The summed E-state index contributed by atoms with van der Waals surface area (Å²) in [5.41, 5.74) is 2.85. The zero-order valence-electron chi connectivity index (χ0n) is 13.0. The number of aromatic nitrogens is 3. The van der Waals surface area contributed by atoms with Gasteiger partial charge in [-0.2, -0.15) is 0 Å². The van der Waals surface area contributed by atoms with E-state index in [9.17, 15) is 4.39 Å². The summed E-state index contributed by atoms with van der Waals surface area (Å²) in [7, 11) is 0. The number of halogens is 1. The Kier molecular flexibility index (Phi) is 3.96. The lowest BCUT2D eigenvalue weighted by Gasteiger charge is -2.23. The van der Waals surface area contributed by atoms with Crippen LogP contribution in [-0.4, -0.2) is 28.1 Å². The molecule has 24 heavy (non-hydrogen) atoms. The van der Waals surface area contributed by atoms with Crippen molar-refractivity contribution < 1.29 is 9.13 Å². The van der Waals surface area contributed by atoms with Crippen molar-refractivity contribution in [1.29, 1.82) is 0 Å². The Bertz CT molecular complexity index is 803. The number of nitrogens with zero attached hydrogens (tertiary/aromatic N) is 4. The van der Waals surface area contributed by atoms with Crippen LogP contribution >= 0.6 is 0 Å². The van der Waals surface area contributed by atoms with Crippen LogP contribution < -0.4 is 4.90 Å².